The molecule has 77 heavy (non-hydrogen) atoms. The van der Waals surface area contributed by atoms with Crippen LogP contribution in [-0.2, 0) is 28.6 Å². The fourth-order valence-electron chi connectivity index (χ4n) is 9.69. The van der Waals surface area contributed by atoms with Crippen LogP contribution < -0.4 is 0 Å². The first kappa shape index (κ1) is 73.8. The third kappa shape index (κ3) is 63.6. The lowest BCUT2D eigenvalue weighted by atomic mass is 10.0. The number of unbranched alkanes of at least 4 members (excludes halogenated alkanes) is 38. The van der Waals surface area contributed by atoms with E-state index >= 15 is 0 Å². The zero-order valence-corrected chi connectivity index (χ0v) is 51.2. The van der Waals surface area contributed by atoms with Gasteiger partial charge in [0.25, 0.3) is 0 Å². The Morgan fingerprint density at radius 2 is 0.519 bits per heavy atom. The fraction of sp³-hybridized carbons (Fsp3) is 0.789. The molecule has 6 nitrogen and oxygen atoms in total. The highest BCUT2D eigenvalue weighted by Gasteiger charge is 2.19. The van der Waals surface area contributed by atoms with Gasteiger partial charge in [-0.15, -0.1) is 0 Å². The predicted molar refractivity (Wildman–Crippen MR) is 335 cm³/mol. The molecule has 0 aromatic rings. The van der Waals surface area contributed by atoms with E-state index in [4.69, 9.17) is 14.2 Å². The Kier molecular flexibility index (Phi) is 62.7. The van der Waals surface area contributed by atoms with Crippen LogP contribution in [0.1, 0.15) is 342 Å². The number of rotatable bonds is 61. The number of allylic oxidation sites excluding steroid dienone is 12. The van der Waals surface area contributed by atoms with E-state index in [1.54, 1.807) is 0 Å². The molecule has 0 saturated carbocycles. The molecule has 6 heteroatoms. The van der Waals surface area contributed by atoms with Crippen LogP contribution in [0.2, 0.25) is 0 Å². The first-order valence-corrected chi connectivity index (χ1v) is 33.4. The first-order valence-electron chi connectivity index (χ1n) is 33.4. The standard InChI is InChI=1S/C71H126O6/c1-4-7-10-13-16-19-22-24-26-28-30-32-34-35-37-38-40-42-44-46-49-52-55-58-61-64-70(73)76-67-68(66-75-69(72)63-60-57-54-51-48-21-18-15-12-9-6-3)77-71(74)65-62-59-56-53-50-47-45-43-41-39-36-33-31-29-27-25-23-20-17-14-11-8-5-2/h7,10,15-16,18-19,24,26,30,32,35,37,68H,4-6,8-9,11-14,17,20-23,25,27-29,31,33-34,36,38-67H2,1-3H3/b10-7-,18-15-,19-16-,26-24-,32-30-,37-35-. The van der Waals surface area contributed by atoms with Crippen LogP contribution in [0.3, 0.4) is 0 Å². The van der Waals surface area contributed by atoms with Gasteiger partial charge in [-0.25, -0.2) is 0 Å². The molecule has 0 N–H and O–H groups in total. The van der Waals surface area contributed by atoms with Gasteiger partial charge in [0.05, 0.1) is 0 Å². The van der Waals surface area contributed by atoms with Crippen LogP contribution in [0.4, 0.5) is 0 Å². The normalized spacial score (nSPS) is 12.5. The summed E-state index contributed by atoms with van der Waals surface area (Å²) in [6, 6.07) is 0. The van der Waals surface area contributed by atoms with Gasteiger partial charge in [0, 0.05) is 19.3 Å². The second-order valence-corrected chi connectivity index (χ2v) is 22.4. The zero-order valence-electron chi connectivity index (χ0n) is 51.2. The van der Waals surface area contributed by atoms with Crippen molar-refractivity contribution in [2.24, 2.45) is 0 Å². The number of ether oxygens (including phenoxy) is 3. The maximum atomic E-state index is 12.9. The Balaban J connectivity index is 4.24. The number of hydrogen-bond acceptors (Lipinski definition) is 6. The Labute approximate surface area is 478 Å². The molecule has 0 spiro atoms. The summed E-state index contributed by atoms with van der Waals surface area (Å²) in [5.41, 5.74) is 0. The van der Waals surface area contributed by atoms with E-state index < -0.39 is 6.10 Å². The van der Waals surface area contributed by atoms with Crippen molar-refractivity contribution in [1.82, 2.24) is 0 Å². The van der Waals surface area contributed by atoms with Gasteiger partial charge in [0.15, 0.2) is 6.10 Å². The molecule has 0 aliphatic carbocycles. The van der Waals surface area contributed by atoms with Crippen molar-refractivity contribution in [3.63, 3.8) is 0 Å². The van der Waals surface area contributed by atoms with E-state index in [1.165, 1.54) is 199 Å². The van der Waals surface area contributed by atoms with Gasteiger partial charge in [0.1, 0.15) is 13.2 Å². The van der Waals surface area contributed by atoms with Gasteiger partial charge in [-0.2, -0.15) is 0 Å². The van der Waals surface area contributed by atoms with E-state index in [1.807, 2.05) is 0 Å². The van der Waals surface area contributed by atoms with Gasteiger partial charge in [-0.1, -0.05) is 312 Å². The Morgan fingerprint density at radius 1 is 0.273 bits per heavy atom. The van der Waals surface area contributed by atoms with Gasteiger partial charge in [0.2, 0.25) is 0 Å². The molecule has 0 aromatic heterocycles. The Hall–Kier alpha value is -3.15. The average Bonchev–Trinajstić information content (AvgIpc) is 3.43. The molecule has 0 rings (SSSR count). The smallest absolute Gasteiger partial charge is 0.306 e. The number of carbonyl (C=O) groups excluding carboxylic acids is 3. The van der Waals surface area contributed by atoms with Gasteiger partial charge in [-0.3, -0.25) is 14.4 Å². The van der Waals surface area contributed by atoms with Crippen molar-refractivity contribution < 1.29 is 28.6 Å². The van der Waals surface area contributed by atoms with Crippen molar-refractivity contribution in [3.05, 3.63) is 72.9 Å². The summed E-state index contributed by atoms with van der Waals surface area (Å²) < 4.78 is 16.9. The van der Waals surface area contributed by atoms with E-state index in [-0.39, 0.29) is 31.1 Å². The van der Waals surface area contributed by atoms with Gasteiger partial charge < -0.3 is 14.2 Å². The summed E-state index contributed by atoms with van der Waals surface area (Å²) >= 11 is 0. The maximum Gasteiger partial charge on any atom is 0.306 e. The minimum Gasteiger partial charge on any atom is -0.462 e. The second kappa shape index (κ2) is 65.4. The Morgan fingerprint density at radius 3 is 0.844 bits per heavy atom. The first-order chi connectivity index (χ1) is 38.0. The molecule has 0 aliphatic heterocycles. The van der Waals surface area contributed by atoms with Crippen molar-refractivity contribution in [1.29, 1.82) is 0 Å². The maximum absolute atomic E-state index is 12.9. The fourth-order valence-corrected chi connectivity index (χ4v) is 9.69. The SMILES string of the molecule is CC/C=C\C/C=C\C/C=C\C/C=C\C/C=C\CCCCCCCCCCCC(=O)OCC(COC(=O)CCCCCCC/C=C\CCCC)OC(=O)CCCCCCCCCCCCCCCCCCCCCCCCC. The second-order valence-electron chi connectivity index (χ2n) is 22.4. The summed E-state index contributed by atoms with van der Waals surface area (Å²) in [7, 11) is 0. The lowest BCUT2D eigenvalue weighted by Gasteiger charge is -2.18. The van der Waals surface area contributed by atoms with Crippen LogP contribution in [-0.4, -0.2) is 37.2 Å². The molecular formula is C71H126O6. The third-order valence-corrected chi connectivity index (χ3v) is 14.7. The monoisotopic (exact) mass is 1070 g/mol. The number of hydrogen-bond donors (Lipinski definition) is 0. The molecule has 1 unspecified atom stereocenters. The number of carbonyl (C=O) groups is 3. The third-order valence-electron chi connectivity index (χ3n) is 14.7. The molecule has 0 amide bonds. The number of esters is 3. The molecule has 0 radical (unpaired) electrons. The summed E-state index contributed by atoms with van der Waals surface area (Å²) in [6.07, 6.45) is 84.9. The molecular weight excluding hydrogens is 949 g/mol. The molecule has 446 valence electrons. The van der Waals surface area contributed by atoms with Crippen LogP contribution >= 0.6 is 0 Å². The highest BCUT2D eigenvalue weighted by atomic mass is 16.6. The lowest BCUT2D eigenvalue weighted by Crippen LogP contribution is -2.30. The van der Waals surface area contributed by atoms with Crippen molar-refractivity contribution in [2.45, 2.75) is 348 Å². The van der Waals surface area contributed by atoms with Crippen molar-refractivity contribution >= 4 is 17.9 Å². The predicted octanol–water partition coefficient (Wildman–Crippen LogP) is 22.9. The Bertz CT molecular complexity index is 1420. The van der Waals surface area contributed by atoms with E-state index in [0.29, 0.717) is 19.3 Å². The minimum atomic E-state index is -0.780. The summed E-state index contributed by atoms with van der Waals surface area (Å²) in [5.74, 6) is -0.875. The summed E-state index contributed by atoms with van der Waals surface area (Å²) in [5, 5.41) is 0. The van der Waals surface area contributed by atoms with E-state index in [9.17, 15) is 14.4 Å². The molecule has 0 aromatic carbocycles. The molecule has 0 saturated heterocycles. The van der Waals surface area contributed by atoms with Crippen molar-refractivity contribution in [3.8, 4) is 0 Å². The molecule has 0 fully saturated rings. The van der Waals surface area contributed by atoms with Gasteiger partial charge >= 0.3 is 17.9 Å². The summed E-state index contributed by atoms with van der Waals surface area (Å²) in [6.45, 7) is 6.52. The topological polar surface area (TPSA) is 78.9 Å². The van der Waals surface area contributed by atoms with Crippen molar-refractivity contribution in [2.75, 3.05) is 13.2 Å². The highest BCUT2D eigenvalue weighted by Crippen LogP contribution is 2.18. The molecule has 0 heterocycles. The molecule has 0 bridgehead atoms. The van der Waals surface area contributed by atoms with Crippen LogP contribution in [0.15, 0.2) is 72.9 Å². The molecule has 0 aliphatic rings. The van der Waals surface area contributed by atoms with Gasteiger partial charge in [-0.05, 0) is 83.5 Å². The van der Waals surface area contributed by atoms with E-state index in [0.717, 1.165) is 103 Å². The minimum absolute atomic E-state index is 0.0782. The van der Waals surface area contributed by atoms with E-state index in [2.05, 4.69) is 93.7 Å². The largest absolute Gasteiger partial charge is 0.462 e. The lowest BCUT2D eigenvalue weighted by molar-refractivity contribution is -0.167. The average molecular weight is 1080 g/mol. The quantitative estimate of drug-likeness (QED) is 0.0261. The summed E-state index contributed by atoms with van der Waals surface area (Å²) in [4.78, 5) is 38.3. The van der Waals surface area contributed by atoms with Crippen LogP contribution in [0.5, 0.6) is 0 Å². The molecule has 1 atom stereocenters. The zero-order chi connectivity index (χ0) is 55.7. The highest BCUT2D eigenvalue weighted by molar-refractivity contribution is 5.71. The van der Waals surface area contributed by atoms with Crippen LogP contribution in [0.25, 0.3) is 0 Å². The van der Waals surface area contributed by atoms with Crippen LogP contribution in [0, 0.1) is 0 Å².